The number of hydrogen-bond donors (Lipinski definition) is 1. The number of nitrogens with zero attached hydrogens (tertiary/aromatic N) is 2. The van der Waals surface area contributed by atoms with Gasteiger partial charge in [-0.15, -0.1) is 0 Å². The second-order valence-corrected chi connectivity index (χ2v) is 7.41. The first kappa shape index (κ1) is 23.7. The van der Waals surface area contributed by atoms with Crippen molar-refractivity contribution in [1.29, 1.82) is 0 Å². The number of furan rings is 1. The van der Waals surface area contributed by atoms with Crippen molar-refractivity contribution in [2.45, 2.75) is 50.8 Å². The molecule has 0 bridgehead atoms. The number of hydrogen-bond acceptors (Lipinski definition) is 6. The topological polar surface area (TPSA) is 102 Å². The van der Waals surface area contributed by atoms with E-state index in [4.69, 9.17) is 23.8 Å². The molecule has 3 atom stereocenters. The molecular weight excluding hydrogens is 433 g/mol. The first-order valence-electron chi connectivity index (χ1n) is 9.96. The van der Waals surface area contributed by atoms with Gasteiger partial charge in [-0.25, -0.2) is 4.79 Å². The van der Waals surface area contributed by atoms with E-state index in [9.17, 15) is 18.0 Å². The smallest absolute Gasteiger partial charge is 0.475 e. The molecule has 32 heavy (non-hydrogen) atoms. The van der Waals surface area contributed by atoms with Crippen LogP contribution >= 0.6 is 0 Å². The second kappa shape index (κ2) is 10.1. The molecule has 174 valence electrons. The van der Waals surface area contributed by atoms with Crippen LogP contribution in [0.2, 0.25) is 0 Å². The molecule has 0 aromatic carbocycles. The highest BCUT2D eigenvalue weighted by atomic mass is 19.4. The molecule has 0 unspecified atom stereocenters. The summed E-state index contributed by atoms with van der Waals surface area (Å²) in [6.07, 6.45) is -0.122. The quantitative estimate of drug-likeness (QED) is 0.754. The van der Waals surface area contributed by atoms with Crippen LogP contribution in [0.25, 0.3) is 0 Å². The average Bonchev–Trinajstić information content (AvgIpc) is 3.36. The number of likely N-dealkylation sites (tertiary alicyclic amines) is 1. The molecule has 0 spiro atoms. The SMILES string of the molecule is Cc1ccoc1C(=O)N1C[C@H](OCc2ccccn2)[C@H]2OCCC[C@H]21.O=C(O)C(F)(F)F. The van der Waals surface area contributed by atoms with Gasteiger partial charge in [-0.3, -0.25) is 9.78 Å². The number of fused-ring (bicyclic) bond motifs is 1. The number of pyridine rings is 1. The zero-order valence-electron chi connectivity index (χ0n) is 17.2. The van der Waals surface area contributed by atoms with E-state index in [0.29, 0.717) is 25.5 Å². The lowest BCUT2D eigenvalue weighted by atomic mass is 10.0. The van der Waals surface area contributed by atoms with Crippen molar-refractivity contribution in [1.82, 2.24) is 9.88 Å². The Bertz CT molecular complexity index is 918. The molecule has 2 aromatic rings. The van der Waals surface area contributed by atoms with E-state index in [1.165, 1.54) is 0 Å². The van der Waals surface area contributed by atoms with Gasteiger partial charge in [0, 0.05) is 18.4 Å². The summed E-state index contributed by atoms with van der Waals surface area (Å²) in [7, 11) is 0. The van der Waals surface area contributed by atoms with Crippen LogP contribution in [-0.2, 0) is 20.9 Å². The highest BCUT2D eigenvalue weighted by Gasteiger charge is 2.47. The van der Waals surface area contributed by atoms with Crippen LogP contribution in [-0.4, -0.2) is 64.4 Å². The fraction of sp³-hybridized carbons (Fsp3) is 0.476. The van der Waals surface area contributed by atoms with Gasteiger partial charge >= 0.3 is 12.1 Å². The molecule has 1 amide bonds. The van der Waals surface area contributed by atoms with Crippen LogP contribution in [0, 0.1) is 6.92 Å². The number of ether oxygens (including phenoxy) is 2. The van der Waals surface area contributed by atoms with E-state index in [0.717, 1.165) is 24.1 Å². The van der Waals surface area contributed by atoms with Crippen molar-refractivity contribution in [2.75, 3.05) is 13.2 Å². The molecule has 8 nitrogen and oxygen atoms in total. The van der Waals surface area contributed by atoms with E-state index < -0.39 is 12.1 Å². The third-order valence-corrected chi connectivity index (χ3v) is 5.21. The van der Waals surface area contributed by atoms with Crippen LogP contribution in [0.4, 0.5) is 13.2 Å². The predicted octanol–water partition coefficient (Wildman–Crippen LogP) is 3.21. The fourth-order valence-corrected chi connectivity index (χ4v) is 3.69. The third-order valence-electron chi connectivity index (χ3n) is 5.21. The number of carbonyl (C=O) groups is 2. The highest BCUT2D eigenvalue weighted by molar-refractivity contribution is 5.93. The Morgan fingerprint density at radius 3 is 2.66 bits per heavy atom. The molecule has 2 saturated heterocycles. The number of carboxylic acid groups (broad SMARTS) is 1. The van der Waals surface area contributed by atoms with Crippen molar-refractivity contribution >= 4 is 11.9 Å². The van der Waals surface area contributed by atoms with Gasteiger partial charge in [0.05, 0.1) is 31.2 Å². The molecular formula is C21H23F3N2O6. The molecule has 1 N–H and O–H groups in total. The number of amides is 1. The van der Waals surface area contributed by atoms with Gasteiger partial charge in [-0.2, -0.15) is 13.2 Å². The Labute approximate surface area is 181 Å². The number of halogens is 3. The van der Waals surface area contributed by atoms with Crippen molar-refractivity contribution in [3.05, 3.63) is 53.7 Å². The maximum atomic E-state index is 12.9. The van der Waals surface area contributed by atoms with Gasteiger partial charge in [0.1, 0.15) is 12.2 Å². The normalized spacial score (nSPS) is 22.6. The predicted molar refractivity (Wildman–Crippen MR) is 104 cm³/mol. The van der Waals surface area contributed by atoms with Gasteiger partial charge in [-0.05, 0) is 38.0 Å². The average molecular weight is 456 g/mol. The monoisotopic (exact) mass is 456 g/mol. The Hall–Kier alpha value is -2.92. The van der Waals surface area contributed by atoms with E-state index in [2.05, 4.69) is 4.98 Å². The lowest BCUT2D eigenvalue weighted by molar-refractivity contribution is -0.192. The standard InChI is InChI=1S/C19H22N2O4.C2HF3O2/c1-13-7-10-24-17(13)19(22)21-11-16(18-15(21)6-4-9-23-18)25-12-14-5-2-3-8-20-14;3-2(4,5)1(6)7/h2-3,5,7-8,10,15-16,18H,4,6,9,11-12H2,1H3;(H,6,7)/t15-,16+,18+;/m1./s1. The molecule has 0 radical (unpaired) electrons. The van der Waals surface area contributed by atoms with Gasteiger partial charge in [0.2, 0.25) is 0 Å². The lowest BCUT2D eigenvalue weighted by Crippen LogP contribution is -2.43. The van der Waals surface area contributed by atoms with Gasteiger partial charge in [0.15, 0.2) is 5.76 Å². The number of carboxylic acids is 1. The first-order chi connectivity index (χ1) is 15.2. The van der Waals surface area contributed by atoms with Crippen LogP contribution in [0.15, 0.2) is 41.1 Å². The van der Waals surface area contributed by atoms with Crippen LogP contribution < -0.4 is 0 Å². The van der Waals surface area contributed by atoms with E-state index >= 15 is 0 Å². The second-order valence-electron chi connectivity index (χ2n) is 7.41. The van der Waals surface area contributed by atoms with Crippen molar-refractivity contribution < 1.29 is 41.8 Å². The van der Waals surface area contributed by atoms with Crippen molar-refractivity contribution in [2.24, 2.45) is 0 Å². The summed E-state index contributed by atoms with van der Waals surface area (Å²) in [5.74, 6) is -2.42. The van der Waals surface area contributed by atoms with Crippen LogP contribution in [0.5, 0.6) is 0 Å². The molecule has 2 aliphatic rings. The first-order valence-corrected chi connectivity index (χ1v) is 9.96. The Kier molecular flexibility index (Phi) is 7.52. The van der Waals surface area contributed by atoms with Crippen LogP contribution in [0.1, 0.15) is 34.7 Å². The summed E-state index contributed by atoms with van der Waals surface area (Å²) in [6.45, 7) is 3.53. The minimum atomic E-state index is -5.08. The number of aromatic nitrogens is 1. The number of alkyl halides is 3. The Morgan fingerprint density at radius 2 is 2.06 bits per heavy atom. The lowest BCUT2D eigenvalue weighted by Gasteiger charge is -2.31. The number of aryl methyl sites for hydroxylation is 1. The van der Waals surface area contributed by atoms with Crippen LogP contribution in [0.3, 0.4) is 0 Å². The largest absolute Gasteiger partial charge is 0.490 e. The molecule has 2 aromatic heterocycles. The Morgan fingerprint density at radius 1 is 1.31 bits per heavy atom. The summed E-state index contributed by atoms with van der Waals surface area (Å²) >= 11 is 0. The van der Waals surface area contributed by atoms with Gasteiger partial charge < -0.3 is 23.9 Å². The fourth-order valence-electron chi connectivity index (χ4n) is 3.69. The minimum Gasteiger partial charge on any atom is -0.475 e. The highest BCUT2D eigenvalue weighted by Crippen LogP contribution is 2.32. The summed E-state index contributed by atoms with van der Waals surface area (Å²) in [6, 6.07) is 7.61. The summed E-state index contributed by atoms with van der Waals surface area (Å²) in [5.41, 5.74) is 1.73. The van der Waals surface area contributed by atoms with E-state index in [1.807, 2.05) is 36.1 Å². The summed E-state index contributed by atoms with van der Waals surface area (Å²) < 4.78 is 49.2. The molecule has 0 aliphatic carbocycles. The number of aliphatic carboxylic acids is 1. The Balaban J connectivity index is 0.000000360. The zero-order valence-corrected chi connectivity index (χ0v) is 17.2. The van der Waals surface area contributed by atoms with E-state index in [-0.39, 0.29) is 24.2 Å². The molecule has 4 rings (SSSR count). The zero-order chi connectivity index (χ0) is 23.3. The molecule has 0 saturated carbocycles. The maximum absolute atomic E-state index is 12.9. The van der Waals surface area contributed by atoms with Crippen molar-refractivity contribution in [3.63, 3.8) is 0 Å². The number of rotatable bonds is 4. The third kappa shape index (κ3) is 5.65. The van der Waals surface area contributed by atoms with Crippen molar-refractivity contribution in [3.8, 4) is 0 Å². The molecule has 4 heterocycles. The van der Waals surface area contributed by atoms with Gasteiger partial charge in [-0.1, -0.05) is 6.07 Å². The minimum absolute atomic E-state index is 0.0412. The molecule has 2 aliphatic heterocycles. The molecule has 2 fully saturated rings. The van der Waals surface area contributed by atoms with Gasteiger partial charge in [0.25, 0.3) is 5.91 Å². The van der Waals surface area contributed by atoms with E-state index in [1.54, 1.807) is 12.5 Å². The summed E-state index contributed by atoms with van der Waals surface area (Å²) in [5, 5.41) is 7.12. The number of carbonyl (C=O) groups excluding carboxylic acids is 1. The molecule has 11 heteroatoms. The summed E-state index contributed by atoms with van der Waals surface area (Å²) in [4.78, 5) is 28.0. The maximum Gasteiger partial charge on any atom is 0.490 e.